The molecule has 1 unspecified atom stereocenters. The van der Waals surface area contributed by atoms with Crippen LogP contribution in [0.2, 0.25) is 0 Å². The predicted octanol–water partition coefficient (Wildman–Crippen LogP) is 2.47. The molecule has 0 aromatic rings. The minimum absolute atomic E-state index is 0. The van der Waals surface area contributed by atoms with Crippen LogP contribution in [0, 0.1) is 11.8 Å². The minimum Gasteiger partial charge on any atom is -0.329 e. The molecule has 5 nitrogen and oxygen atoms in total. The molecule has 0 saturated carbocycles. The molecular weight excluding hydrogens is 322 g/mol. The third kappa shape index (κ3) is 6.32. The van der Waals surface area contributed by atoms with Gasteiger partial charge in [0.05, 0.1) is 0 Å². The molecule has 1 aliphatic rings. The third-order valence-electron chi connectivity index (χ3n) is 4.13. The quantitative estimate of drug-likeness (QED) is 0.690. The Bertz CT molecular complexity index is 390. The van der Waals surface area contributed by atoms with Gasteiger partial charge in [-0.1, -0.05) is 27.7 Å². The van der Waals surface area contributed by atoms with Gasteiger partial charge in [-0.15, -0.1) is 12.4 Å². The van der Waals surface area contributed by atoms with E-state index in [1.165, 1.54) is 0 Å². The molecule has 1 saturated heterocycles. The van der Waals surface area contributed by atoms with E-state index in [0.717, 1.165) is 25.7 Å². The molecule has 0 radical (unpaired) electrons. The Kier molecular flexibility index (Phi) is 10.1. The number of nitrogens with zero attached hydrogens (tertiary/aromatic N) is 2. The van der Waals surface area contributed by atoms with Crippen LogP contribution in [0.25, 0.3) is 0 Å². The summed E-state index contributed by atoms with van der Waals surface area (Å²) in [5.41, 5.74) is 5.74. The Morgan fingerprint density at radius 3 is 2.05 bits per heavy atom. The second-order valence-corrected chi connectivity index (χ2v) is 8.80. The maximum Gasteiger partial charge on any atom is 0.282 e. The molecule has 1 aliphatic heterocycles. The van der Waals surface area contributed by atoms with E-state index in [4.69, 9.17) is 5.73 Å². The zero-order valence-electron chi connectivity index (χ0n) is 14.5. The number of rotatable bonds is 9. The topological polar surface area (TPSA) is 66.6 Å². The van der Waals surface area contributed by atoms with Gasteiger partial charge in [0.1, 0.15) is 0 Å². The molecule has 0 bridgehead atoms. The fraction of sp³-hybridized carbons (Fsp3) is 1.00. The van der Waals surface area contributed by atoms with Gasteiger partial charge in [0.2, 0.25) is 0 Å². The largest absolute Gasteiger partial charge is 0.329 e. The number of nitrogens with two attached hydrogens (primary N) is 1. The van der Waals surface area contributed by atoms with Gasteiger partial charge in [0.25, 0.3) is 10.2 Å². The van der Waals surface area contributed by atoms with Crippen LogP contribution in [-0.4, -0.2) is 49.2 Å². The molecule has 1 atom stereocenters. The van der Waals surface area contributed by atoms with Crippen LogP contribution in [0.15, 0.2) is 0 Å². The van der Waals surface area contributed by atoms with Gasteiger partial charge in [0, 0.05) is 32.2 Å². The van der Waals surface area contributed by atoms with E-state index in [-0.39, 0.29) is 18.4 Å². The summed E-state index contributed by atoms with van der Waals surface area (Å²) in [5.74, 6) is 1.01. The van der Waals surface area contributed by atoms with Crippen molar-refractivity contribution in [1.29, 1.82) is 0 Å². The Morgan fingerprint density at radius 1 is 1.14 bits per heavy atom. The van der Waals surface area contributed by atoms with Crippen molar-refractivity contribution < 1.29 is 8.42 Å². The molecule has 0 aromatic heterocycles. The molecule has 7 heteroatoms. The molecule has 0 aliphatic carbocycles. The highest BCUT2D eigenvalue weighted by molar-refractivity contribution is 7.86. The highest BCUT2D eigenvalue weighted by Crippen LogP contribution is 2.24. The van der Waals surface area contributed by atoms with E-state index in [0.29, 0.717) is 38.0 Å². The Labute approximate surface area is 143 Å². The smallest absolute Gasteiger partial charge is 0.282 e. The highest BCUT2D eigenvalue weighted by atomic mass is 35.5. The number of hydrogen-bond acceptors (Lipinski definition) is 3. The second kappa shape index (κ2) is 10.1. The lowest BCUT2D eigenvalue weighted by Crippen LogP contribution is -2.48. The lowest BCUT2D eigenvalue weighted by Gasteiger charge is -2.31. The number of hydrogen-bond donors (Lipinski definition) is 1. The predicted molar refractivity (Wildman–Crippen MR) is 95.4 cm³/mol. The highest BCUT2D eigenvalue weighted by Gasteiger charge is 2.37. The molecule has 1 rings (SSSR count). The van der Waals surface area contributed by atoms with Gasteiger partial charge >= 0.3 is 0 Å². The fourth-order valence-electron chi connectivity index (χ4n) is 2.64. The molecule has 1 heterocycles. The van der Waals surface area contributed by atoms with Crippen molar-refractivity contribution in [2.24, 2.45) is 17.6 Å². The van der Waals surface area contributed by atoms with E-state index in [1.54, 1.807) is 8.61 Å². The molecule has 134 valence electrons. The van der Waals surface area contributed by atoms with E-state index in [9.17, 15) is 8.42 Å². The second-order valence-electron chi connectivity index (χ2n) is 6.91. The standard InChI is InChI=1S/C15H33N3O2S.ClH/c1-13(2)7-10-17(11-8-14(3)4)21(19,20)18-9-5-6-15(18)12-16;/h13-15H,5-12,16H2,1-4H3;1H. The maximum atomic E-state index is 12.9. The van der Waals surface area contributed by atoms with Crippen LogP contribution >= 0.6 is 12.4 Å². The van der Waals surface area contributed by atoms with Crippen LogP contribution in [0.5, 0.6) is 0 Å². The molecule has 0 aromatic carbocycles. The van der Waals surface area contributed by atoms with Crippen LogP contribution in [0.4, 0.5) is 0 Å². The fourth-order valence-corrected chi connectivity index (χ4v) is 4.54. The van der Waals surface area contributed by atoms with Crippen molar-refractivity contribution in [3.8, 4) is 0 Å². The first-order chi connectivity index (χ1) is 9.78. The average Bonchev–Trinajstić information content (AvgIpc) is 2.86. The average molecular weight is 356 g/mol. The first kappa shape index (κ1) is 22.1. The summed E-state index contributed by atoms with van der Waals surface area (Å²) >= 11 is 0. The van der Waals surface area contributed by atoms with Gasteiger partial charge < -0.3 is 5.73 Å². The SMILES string of the molecule is CC(C)CCN(CCC(C)C)S(=O)(=O)N1CCCC1CN.Cl. The molecule has 0 spiro atoms. The first-order valence-corrected chi connectivity index (χ1v) is 9.65. The zero-order chi connectivity index (χ0) is 16.0. The van der Waals surface area contributed by atoms with Crippen molar-refractivity contribution in [3.63, 3.8) is 0 Å². The Balaban J connectivity index is 0.00000441. The summed E-state index contributed by atoms with van der Waals surface area (Å²) in [7, 11) is -3.37. The molecular formula is C15H34ClN3O2S. The van der Waals surface area contributed by atoms with Gasteiger partial charge in [0.15, 0.2) is 0 Å². The third-order valence-corrected chi connectivity index (χ3v) is 6.22. The molecule has 0 amide bonds. The summed E-state index contributed by atoms with van der Waals surface area (Å²) in [6, 6.07) is -0.0180. The number of halogens is 1. The normalized spacial score (nSPS) is 20.1. The van der Waals surface area contributed by atoms with E-state index < -0.39 is 10.2 Å². The molecule has 2 N–H and O–H groups in total. The van der Waals surface area contributed by atoms with Gasteiger partial charge in [-0.2, -0.15) is 17.0 Å². The summed E-state index contributed by atoms with van der Waals surface area (Å²) in [6.07, 6.45) is 3.61. The van der Waals surface area contributed by atoms with Gasteiger partial charge in [-0.25, -0.2) is 0 Å². The van der Waals surface area contributed by atoms with Crippen molar-refractivity contribution >= 4 is 22.6 Å². The van der Waals surface area contributed by atoms with Crippen molar-refractivity contribution in [3.05, 3.63) is 0 Å². The lowest BCUT2D eigenvalue weighted by molar-refractivity contribution is 0.305. The van der Waals surface area contributed by atoms with Gasteiger partial charge in [-0.3, -0.25) is 0 Å². The van der Waals surface area contributed by atoms with Crippen molar-refractivity contribution in [2.75, 3.05) is 26.2 Å². The lowest BCUT2D eigenvalue weighted by atomic mass is 10.1. The first-order valence-electron chi connectivity index (χ1n) is 8.26. The summed E-state index contributed by atoms with van der Waals surface area (Å²) in [5, 5.41) is 0. The van der Waals surface area contributed by atoms with E-state index in [1.807, 2.05) is 0 Å². The zero-order valence-corrected chi connectivity index (χ0v) is 16.1. The van der Waals surface area contributed by atoms with E-state index >= 15 is 0 Å². The maximum absolute atomic E-state index is 12.9. The summed E-state index contributed by atoms with van der Waals surface area (Å²) < 4.78 is 29.2. The van der Waals surface area contributed by atoms with Gasteiger partial charge in [-0.05, 0) is 37.5 Å². The molecule has 1 fully saturated rings. The van der Waals surface area contributed by atoms with Crippen molar-refractivity contribution in [2.45, 2.75) is 59.4 Å². The van der Waals surface area contributed by atoms with Crippen LogP contribution in [0.1, 0.15) is 53.4 Å². The van der Waals surface area contributed by atoms with Crippen LogP contribution in [0.3, 0.4) is 0 Å². The monoisotopic (exact) mass is 355 g/mol. The Hall–Kier alpha value is 0.120. The summed E-state index contributed by atoms with van der Waals surface area (Å²) in [4.78, 5) is 0. The van der Waals surface area contributed by atoms with E-state index in [2.05, 4.69) is 27.7 Å². The molecule has 22 heavy (non-hydrogen) atoms. The summed E-state index contributed by atoms with van der Waals surface area (Å²) in [6.45, 7) is 10.8. The van der Waals surface area contributed by atoms with Crippen molar-refractivity contribution in [1.82, 2.24) is 8.61 Å². The Morgan fingerprint density at radius 2 is 1.64 bits per heavy atom. The van der Waals surface area contributed by atoms with Crippen LogP contribution in [-0.2, 0) is 10.2 Å². The van der Waals surface area contributed by atoms with Crippen LogP contribution < -0.4 is 5.73 Å². The minimum atomic E-state index is -3.37.